The van der Waals surface area contributed by atoms with Gasteiger partial charge in [-0.3, -0.25) is 0 Å². The van der Waals surface area contributed by atoms with Crippen molar-refractivity contribution in [1.29, 1.82) is 0 Å². The average Bonchev–Trinajstić information content (AvgIpc) is 2.71. The van der Waals surface area contributed by atoms with Gasteiger partial charge in [0.15, 0.2) is 5.75 Å². The molecule has 1 atom stereocenters. The minimum atomic E-state index is 0.130. The maximum absolute atomic E-state index is 11.3. The van der Waals surface area contributed by atoms with E-state index in [4.69, 9.17) is 9.47 Å². The van der Waals surface area contributed by atoms with Crippen molar-refractivity contribution in [2.45, 2.75) is 32.3 Å². The zero-order valence-electron chi connectivity index (χ0n) is 17.1. The summed E-state index contributed by atoms with van der Waals surface area (Å²) >= 11 is 0. The van der Waals surface area contributed by atoms with E-state index in [1.54, 1.807) is 25.5 Å². The molecule has 1 aliphatic rings. The van der Waals surface area contributed by atoms with Crippen LogP contribution in [0.15, 0.2) is 61.3 Å². The molecule has 0 aliphatic carbocycles. The Labute approximate surface area is 175 Å². The van der Waals surface area contributed by atoms with E-state index in [2.05, 4.69) is 26.8 Å². The van der Waals surface area contributed by atoms with E-state index in [9.17, 15) is 4.79 Å². The average molecular weight is 404 g/mol. The van der Waals surface area contributed by atoms with Gasteiger partial charge in [-0.05, 0) is 36.6 Å². The molecule has 3 heterocycles. The Kier molecular flexibility index (Phi) is 5.88. The molecule has 7 heteroatoms. The molecule has 7 nitrogen and oxygen atoms in total. The SMILES string of the molecule is CC(=O)C[C@@H](C)c1ccc(OC2CN(c3ccnc(Oc4cncnc4)c3)C2)cc1. The molecule has 0 bridgehead atoms. The van der Waals surface area contributed by atoms with Gasteiger partial charge in [0.2, 0.25) is 5.88 Å². The van der Waals surface area contributed by atoms with Crippen molar-refractivity contribution >= 4 is 11.5 Å². The molecule has 0 unspecified atom stereocenters. The fraction of sp³-hybridized carbons (Fsp3) is 0.304. The highest BCUT2D eigenvalue weighted by Gasteiger charge is 2.29. The molecular weight excluding hydrogens is 380 g/mol. The van der Waals surface area contributed by atoms with Gasteiger partial charge in [-0.25, -0.2) is 15.0 Å². The molecule has 0 saturated carbocycles. The van der Waals surface area contributed by atoms with Crippen molar-refractivity contribution < 1.29 is 14.3 Å². The molecule has 0 spiro atoms. The number of aromatic nitrogens is 3. The lowest BCUT2D eigenvalue weighted by Gasteiger charge is -2.40. The van der Waals surface area contributed by atoms with Gasteiger partial charge in [-0.15, -0.1) is 0 Å². The second-order valence-corrected chi connectivity index (χ2v) is 7.55. The van der Waals surface area contributed by atoms with Crippen molar-refractivity contribution in [3.05, 3.63) is 66.9 Å². The first kappa shape index (κ1) is 19.8. The maximum Gasteiger partial charge on any atom is 0.221 e. The number of benzene rings is 1. The minimum absolute atomic E-state index is 0.130. The topological polar surface area (TPSA) is 77.4 Å². The number of carbonyl (C=O) groups is 1. The van der Waals surface area contributed by atoms with E-state index in [-0.39, 0.29) is 17.8 Å². The van der Waals surface area contributed by atoms with Crippen LogP contribution >= 0.6 is 0 Å². The molecule has 1 fully saturated rings. The zero-order valence-corrected chi connectivity index (χ0v) is 17.1. The molecule has 1 aliphatic heterocycles. The van der Waals surface area contributed by atoms with E-state index >= 15 is 0 Å². The van der Waals surface area contributed by atoms with Crippen molar-refractivity contribution in [2.75, 3.05) is 18.0 Å². The van der Waals surface area contributed by atoms with Gasteiger partial charge < -0.3 is 19.2 Å². The van der Waals surface area contributed by atoms with Crippen LogP contribution in [0.3, 0.4) is 0 Å². The molecule has 2 aromatic heterocycles. The lowest BCUT2D eigenvalue weighted by Crippen LogP contribution is -2.54. The summed E-state index contributed by atoms with van der Waals surface area (Å²) in [5.74, 6) is 2.33. The van der Waals surface area contributed by atoms with E-state index < -0.39 is 0 Å². The Balaban J connectivity index is 1.30. The number of Topliss-reactive ketones (excluding diaryl/α,β-unsaturated/α-hetero) is 1. The highest BCUT2D eigenvalue weighted by atomic mass is 16.5. The highest BCUT2D eigenvalue weighted by molar-refractivity contribution is 5.76. The minimum Gasteiger partial charge on any atom is -0.487 e. The molecule has 154 valence electrons. The Hall–Kier alpha value is -3.48. The van der Waals surface area contributed by atoms with Crippen molar-refractivity contribution in [3.8, 4) is 17.4 Å². The number of rotatable bonds is 8. The zero-order chi connectivity index (χ0) is 20.9. The number of ketones is 1. The lowest BCUT2D eigenvalue weighted by molar-refractivity contribution is -0.117. The lowest BCUT2D eigenvalue weighted by atomic mass is 9.96. The number of hydrogen-bond donors (Lipinski definition) is 0. The number of hydrogen-bond acceptors (Lipinski definition) is 7. The normalized spacial score (nSPS) is 14.7. The summed E-state index contributed by atoms with van der Waals surface area (Å²) in [5.41, 5.74) is 2.19. The van der Waals surface area contributed by atoms with Gasteiger partial charge >= 0.3 is 0 Å². The van der Waals surface area contributed by atoms with Crippen LogP contribution in [0.25, 0.3) is 0 Å². The summed E-state index contributed by atoms with van der Waals surface area (Å²) in [6.07, 6.45) is 7.07. The molecule has 0 amide bonds. The van der Waals surface area contributed by atoms with Crippen LogP contribution in [-0.4, -0.2) is 39.9 Å². The summed E-state index contributed by atoms with van der Waals surface area (Å²) < 4.78 is 11.8. The smallest absolute Gasteiger partial charge is 0.221 e. The number of pyridine rings is 1. The van der Waals surface area contributed by atoms with Gasteiger partial charge in [0.1, 0.15) is 24.0 Å². The van der Waals surface area contributed by atoms with Crippen molar-refractivity contribution in [2.24, 2.45) is 0 Å². The van der Waals surface area contributed by atoms with Gasteiger partial charge in [-0.2, -0.15) is 0 Å². The fourth-order valence-corrected chi connectivity index (χ4v) is 3.45. The van der Waals surface area contributed by atoms with Crippen LogP contribution in [0, 0.1) is 0 Å². The van der Waals surface area contributed by atoms with E-state index in [1.165, 1.54) is 6.33 Å². The van der Waals surface area contributed by atoms with Gasteiger partial charge in [-0.1, -0.05) is 19.1 Å². The summed E-state index contributed by atoms with van der Waals surface area (Å²) in [6.45, 7) is 5.28. The van der Waals surface area contributed by atoms with Crippen LogP contribution in [0.2, 0.25) is 0 Å². The molecule has 0 radical (unpaired) electrons. The Morgan fingerprint density at radius 3 is 2.57 bits per heavy atom. The third-order valence-electron chi connectivity index (χ3n) is 5.04. The number of anilines is 1. The Morgan fingerprint density at radius 1 is 1.13 bits per heavy atom. The molecule has 1 aromatic carbocycles. The van der Waals surface area contributed by atoms with Gasteiger partial charge in [0.05, 0.1) is 25.5 Å². The van der Waals surface area contributed by atoms with Gasteiger partial charge in [0.25, 0.3) is 0 Å². The van der Waals surface area contributed by atoms with E-state index in [0.29, 0.717) is 18.1 Å². The second kappa shape index (κ2) is 8.90. The fourth-order valence-electron chi connectivity index (χ4n) is 3.45. The Bertz CT molecular complexity index is 989. The van der Waals surface area contributed by atoms with Crippen LogP contribution in [0.5, 0.6) is 17.4 Å². The van der Waals surface area contributed by atoms with Crippen LogP contribution in [0.4, 0.5) is 5.69 Å². The first-order valence-electron chi connectivity index (χ1n) is 9.97. The largest absolute Gasteiger partial charge is 0.487 e. The maximum atomic E-state index is 11.3. The summed E-state index contributed by atoms with van der Waals surface area (Å²) in [7, 11) is 0. The van der Waals surface area contributed by atoms with E-state index in [1.807, 2.05) is 36.4 Å². The second-order valence-electron chi connectivity index (χ2n) is 7.55. The molecule has 1 saturated heterocycles. The molecular formula is C23H24N4O3. The number of carbonyl (C=O) groups excluding carboxylic acids is 1. The standard InChI is InChI=1S/C23H24N4O3/c1-16(9-17(2)28)18-3-5-20(6-4-18)29-22-13-27(14-22)19-7-8-26-23(10-19)30-21-11-24-15-25-12-21/h3-8,10-12,15-16,22H,9,13-14H2,1-2H3/t16-/m1/s1. The van der Waals surface area contributed by atoms with Crippen molar-refractivity contribution in [1.82, 2.24) is 15.0 Å². The monoisotopic (exact) mass is 404 g/mol. The summed E-state index contributed by atoms with van der Waals surface area (Å²) in [5, 5.41) is 0. The Morgan fingerprint density at radius 2 is 1.87 bits per heavy atom. The van der Waals surface area contributed by atoms with Crippen LogP contribution < -0.4 is 14.4 Å². The first-order valence-corrected chi connectivity index (χ1v) is 9.97. The summed E-state index contributed by atoms with van der Waals surface area (Å²) in [6, 6.07) is 11.9. The molecule has 0 N–H and O–H groups in total. The highest BCUT2D eigenvalue weighted by Crippen LogP contribution is 2.28. The molecule has 3 aromatic rings. The predicted octanol–water partition coefficient (Wildman–Crippen LogP) is 4.01. The van der Waals surface area contributed by atoms with Crippen LogP contribution in [0.1, 0.15) is 31.7 Å². The number of ether oxygens (including phenoxy) is 2. The van der Waals surface area contributed by atoms with Crippen molar-refractivity contribution in [3.63, 3.8) is 0 Å². The van der Waals surface area contributed by atoms with E-state index in [0.717, 1.165) is 30.1 Å². The van der Waals surface area contributed by atoms with Crippen LogP contribution in [-0.2, 0) is 4.79 Å². The quantitative estimate of drug-likeness (QED) is 0.561. The third kappa shape index (κ3) is 4.92. The summed E-state index contributed by atoms with van der Waals surface area (Å²) in [4.78, 5) is 25.6. The first-order chi connectivity index (χ1) is 14.6. The molecule has 4 rings (SSSR count). The van der Waals surface area contributed by atoms with Gasteiger partial charge in [0, 0.05) is 24.4 Å². The molecule has 30 heavy (non-hydrogen) atoms. The predicted molar refractivity (Wildman–Crippen MR) is 113 cm³/mol. The number of nitrogens with zero attached hydrogens (tertiary/aromatic N) is 4. The third-order valence-corrected chi connectivity index (χ3v) is 5.04.